The van der Waals surface area contributed by atoms with Gasteiger partial charge in [-0.3, -0.25) is 0 Å². The van der Waals surface area contributed by atoms with Crippen molar-refractivity contribution in [1.82, 2.24) is 14.9 Å². The molecule has 0 unspecified atom stereocenters. The van der Waals surface area contributed by atoms with Crippen molar-refractivity contribution in [3.8, 4) is 17.2 Å². The largest absolute Gasteiger partial charge is 0.497 e. The van der Waals surface area contributed by atoms with Crippen LogP contribution in [0.4, 0.5) is 22.0 Å². The lowest BCUT2D eigenvalue weighted by Gasteiger charge is -2.32. The van der Waals surface area contributed by atoms with E-state index in [2.05, 4.69) is 20.6 Å². The maximum Gasteiger partial charge on any atom is 0.321 e. The topological polar surface area (TPSA) is 97.8 Å². The van der Waals surface area contributed by atoms with E-state index < -0.39 is 0 Å². The molecule has 9 nitrogen and oxygen atoms in total. The van der Waals surface area contributed by atoms with Crippen LogP contribution in [0, 0.1) is 6.92 Å². The van der Waals surface area contributed by atoms with E-state index in [-0.39, 0.29) is 12.1 Å². The van der Waals surface area contributed by atoms with Crippen molar-refractivity contribution < 1.29 is 19.0 Å². The Morgan fingerprint density at radius 1 is 0.895 bits per heavy atom. The van der Waals surface area contributed by atoms with Crippen LogP contribution in [-0.4, -0.2) is 54.3 Å². The molecule has 0 bridgehead atoms. The highest BCUT2D eigenvalue weighted by molar-refractivity contribution is 5.91. The zero-order valence-corrected chi connectivity index (χ0v) is 21.7. The number of amides is 2. The van der Waals surface area contributed by atoms with Gasteiger partial charge in [0.1, 0.15) is 35.5 Å². The highest BCUT2D eigenvalue weighted by Crippen LogP contribution is 2.30. The van der Waals surface area contributed by atoms with Crippen LogP contribution in [0.3, 0.4) is 0 Å². The van der Waals surface area contributed by atoms with Gasteiger partial charge < -0.3 is 29.7 Å². The minimum atomic E-state index is -0.102. The minimum absolute atomic E-state index is 0.0517. The smallest absolute Gasteiger partial charge is 0.321 e. The lowest BCUT2D eigenvalue weighted by Crippen LogP contribution is -2.43. The Balaban J connectivity index is 1.17. The Kier molecular flexibility index (Phi) is 7.44. The van der Waals surface area contributed by atoms with Gasteiger partial charge in [-0.2, -0.15) is 0 Å². The van der Waals surface area contributed by atoms with E-state index in [4.69, 9.17) is 14.2 Å². The van der Waals surface area contributed by atoms with Crippen molar-refractivity contribution in [2.24, 2.45) is 0 Å². The first-order chi connectivity index (χ1) is 18.5. The van der Waals surface area contributed by atoms with Gasteiger partial charge in [0.2, 0.25) is 0 Å². The lowest BCUT2D eigenvalue weighted by molar-refractivity contribution is 0.115. The first-order valence-corrected chi connectivity index (χ1v) is 12.6. The number of hydrogen-bond donors (Lipinski definition) is 2. The second-order valence-corrected chi connectivity index (χ2v) is 9.17. The van der Waals surface area contributed by atoms with Crippen molar-refractivity contribution in [2.45, 2.75) is 25.9 Å². The van der Waals surface area contributed by atoms with E-state index in [0.717, 1.165) is 57.9 Å². The van der Waals surface area contributed by atoms with Crippen LogP contribution >= 0.6 is 0 Å². The third-order valence-electron chi connectivity index (χ3n) is 6.64. The monoisotopic (exact) mass is 513 g/mol. The second kappa shape index (κ2) is 11.2. The van der Waals surface area contributed by atoms with Crippen LogP contribution in [0.25, 0.3) is 10.9 Å². The molecule has 1 aliphatic rings. The zero-order chi connectivity index (χ0) is 26.5. The molecule has 1 saturated heterocycles. The molecular formula is C29H31N5O4. The molecule has 0 aliphatic carbocycles. The molecule has 0 spiro atoms. The van der Waals surface area contributed by atoms with Crippen molar-refractivity contribution in [3.63, 3.8) is 0 Å². The Morgan fingerprint density at radius 2 is 1.61 bits per heavy atom. The third-order valence-corrected chi connectivity index (χ3v) is 6.64. The van der Waals surface area contributed by atoms with Gasteiger partial charge >= 0.3 is 6.03 Å². The number of ether oxygens (including phenoxy) is 3. The Hall–Kier alpha value is -4.53. The summed E-state index contributed by atoms with van der Waals surface area (Å²) in [7, 11) is 3.26. The summed E-state index contributed by atoms with van der Waals surface area (Å²) in [5, 5.41) is 7.22. The number of fused-ring (bicyclic) bond motifs is 1. The molecule has 2 heterocycles. The number of nitrogens with zero attached hydrogens (tertiary/aromatic N) is 3. The number of carbonyl (C=O) groups is 1. The van der Waals surface area contributed by atoms with Gasteiger partial charge in [0, 0.05) is 42.7 Å². The molecule has 0 atom stereocenters. The van der Waals surface area contributed by atoms with Crippen molar-refractivity contribution >= 4 is 34.1 Å². The van der Waals surface area contributed by atoms with Gasteiger partial charge in [-0.1, -0.05) is 0 Å². The van der Waals surface area contributed by atoms with Crippen LogP contribution in [0.2, 0.25) is 0 Å². The first-order valence-electron chi connectivity index (χ1n) is 12.6. The first kappa shape index (κ1) is 25.1. The van der Waals surface area contributed by atoms with Crippen molar-refractivity contribution in [2.75, 3.05) is 37.9 Å². The predicted octanol–water partition coefficient (Wildman–Crippen LogP) is 5.77. The number of likely N-dealkylation sites (tertiary alicyclic amines) is 1. The van der Waals surface area contributed by atoms with E-state index in [0.29, 0.717) is 18.9 Å². The number of nitrogens with one attached hydrogen (secondary N) is 2. The SMILES string of the molecule is COc1ccc(NC(=O)N2CCC(Oc3ccc(Nc4ncnc5ccc(OC)cc45)cc3C)CC2)cc1. The Morgan fingerprint density at radius 3 is 2.32 bits per heavy atom. The summed E-state index contributed by atoms with van der Waals surface area (Å²) < 4.78 is 16.8. The van der Waals surface area contributed by atoms with E-state index >= 15 is 0 Å². The normalized spacial score (nSPS) is 13.7. The number of methoxy groups -OCH3 is 2. The van der Waals surface area contributed by atoms with Crippen molar-refractivity contribution in [1.29, 1.82) is 0 Å². The number of benzene rings is 3. The molecule has 0 saturated carbocycles. The molecule has 1 fully saturated rings. The van der Waals surface area contributed by atoms with Crippen molar-refractivity contribution in [3.05, 3.63) is 72.6 Å². The molecule has 1 aliphatic heterocycles. The predicted molar refractivity (Wildman–Crippen MR) is 148 cm³/mol. The average Bonchev–Trinajstić information content (AvgIpc) is 2.95. The number of hydrogen-bond acceptors (Lipinski definition) is 7. The second-order valence-electron chi connectivity index (χ2n) is 9.17. The minimum Gasteiger partial charge on any atom is -0.497 e. The van der Waals surface area contributed by atoms with Gasteiger partial charge in [0.25, 0.3) is 0 Å². The summed E-state index contributed by atoms with van der Waals surface area (Å²) in [6.45, 7) is 3.30. The molecular weight excluding hydrogens is 482 g/mol. The highest BCUT2D eigenvalue weighted by Gasteiger charge is 2.24. The molecule has 2 amide bonds. The summed E-state index contributed by atoms with van der Waals surface area (Å²) >= 11 is 0. The maximum atomic E-state index is 12.7. The number of rotatable bonds is 7. The molecule has 2 N–H and O–H groups in total. The number of carbonyl (C=O) groups excluding carboxylic acids is 1. The molecule has 3 aromatic carbocycles. The summed E-state index contributed by atoms with van der Waals surface area (Å²) in [5.74, 6) is 3.05. The van der Waals surface area contributed by atoms with Crippen LogP contribution in [-0.2, 0) is 0 Å². The maximum absolute atomic E-state index is 12.7. The number of aromatic nitrogens is 2. The zero-order valence-electron chi connectivity index (χ0n) is 21.7. The van der Waals surface area contributed by atoms with Crippen LogP contribution in [0.5, 0.6) is 17.2 Å². The Labute approximate surface area is 221 Å². The van der Waals surface area contributed by atoms with Crippen LogP contribution in [0.15, 0.2) is 67.0 Å². The number of urea groups is 1. The average molecular weight is 514 g/mol. The van der Waals surface area contributed by atoms with Gasteiger partial charge in [-0.05, 0) is 73.2 Å². The van der Waals surface area contributed by atoms with E-state index in [1.165, 1.54) is 0 Å². The van der Waals surface area contributed by atoms with Gasteiger partial charge in [-0.15, -0.1) is 0 Å². The lowest BCUT2D eigenvalue weighted by atomic mass is 10.1. The van der Waals surface area contributed by atoms with E-state index in [9.17, 15) is 4.79 Å². The molecule has 196 valence electrons. The molecule has 0 radical (unpaired) electrons. The van der Waals surface area contributed by atoms with Gasteiger partial charge in [0.05, 0.1) is 19.7 Å². The number of aryl methyl sites for hydroxylation is 1. The van der Waals surface area contributed by atoms with E-state index in [1.54, 1.807) is 20.5 Å². The standard InChI is InChI=1S/C29H31N5O4/c1-19-16-21(32-28-25-17-24(37-3)9-10-26(25)30-18-31-28)6-11-27(19)38-23-12-14-34(15-13-23)29(35)33-20-4-7-22(36-2)8-5-20/h4-11,16-18,23H,12-15H2,1-3H3,(H,33,35)(H,30,31,32). The Bertz CT molecular complexity index is 1420. The van der Waals surface area contributed by atoms with Gasteiger partial charge in [-0.25, -0.2) is 14.8 Å². The fourth-order valence-corrected chi connectivity index (χ4v) is 4.49. The molecule has 4 aromatic rings. The van der Waals surface area contributed by atoms with Gasteiger partial charge in [0.15, 0.2) is 0 Å². The summed E-state index contributed by atoms with van der Waals surface area (Å²) in [6, 6.07) is 18.9. The summed E-state index contributed by atoms with van der Waals surface area (Å²) in [6.07, 6.45) is 3.13. The summed E-state index contributed by atoms with van der Waals surface area (Å²) in [4.78, 5) is 23.3. The van der Waals surface area contributed by atoms with Crippen LogP contribution in [0.1, 0.15) is 18.4 Å². The summed E-state index contributed by atoms with van der Waals surface area (Å²) in [5.41, 5.74) is 3.50. The molecule has 1 aromatic heterocycles. The fraction of sp³-hybridized carbons (Fsp3) is 0.276. The number of piperidine rings is 1. The quantitative estimate of drug-likeness (QED) is 0.324. The molecule has 38 heavy (non-hydrogen) atoms. The van der Waals surface area contributed by atoms with Crippen LogP contribution < -0.4 is 24.8 Å². The number of anilines is 3. The van der Waals surface area contributed by atoms with E-state index in [1.807, 2.05) is 72.5 Å². The molecule has 9 heteroatoms. The molecule has 5 rings (SSSR count). The fourth-order valence-electron chi connectivity index (χ4n) is 4.49. The highest BCUT2D eigenvalue weighted by atomic mass is 16.5. The third kappa shape index (κ3) is 5.72.